The van der Waals surface area contributed by atoms with Crippen LogP contribution in [-0.2, 0) is 4.79 Å². The van der Waals surface area contributed by atoms with Gasteiger partial charge in [0.15, 0.2) is 0 Å². The van der Waals surface area contributed by atoms with E-state index >= 15 is 0 Å². The fourth-order valence-corrected chi connectivity index (χ4v) is 3.04. The van der Waals surface area contributed by atoms with E-state index in [4.69, 9.17) is 0 Å². The van der Waals surface area contributed by atoms with Gasteiger partial charge in [-0.1, -0.05) is 60.7 Å². The summed E-state index contributed by atoms with van der Waals surface area (Å²) in [5, 5.41) is 16.9. The Kier molecular flexibility index (Phi) is 5.68. The summed E-state index contributed by atoms with van der Waals surface area (Å²) in [6, 6.07) is 28.2. The Labute approximate surface area is 178 Å². The van der Waals surface area contributed by atoms with Crippen molar-refractivity contribution in [3.8, 4) is 23.0 Å². The number of anilines is 1. The lowest BCUT2D eigenvalue weighted by atomic mass is 10.1. The molecule has 0 aliphatic carbocycles. The summed E-state index contributed by atoms with van der Waals surface area (Å²) in [6.45, 7) is 0. The third-order valence-electron chi connectivity index (χ3n) is 4.57. The molecule has 0 bridgehead atoms. The number of carbonyl (C=O) groups is 1. The molecular formula is C25H17FN4O. The van der Waals surface area contributed by atoms with E-state index in [0.717, 1.165) is 11.3 Å². The average molecular weight is 408 g/mol. The molecule has 0 atom stereocenters. The summed E-state index contributed by atoms with van der Waals surface area (Å²) in [4.78, 5) is 12.8. The molecule has 4 rings (SSSR count). The zero-order chi connectivity index (χ0) is 21.6. The highest BCUT2D eigenvalue weighted by atomic mass is 19.1. The fraction of sp³-hybridized carbons (Fsp3) is 0. The molecule has 0 spiro atoms. The molecule has 3 aromatic carbocycles. The van der Waals surface area contributed by atoms with Crippen LogP contribution in [0.3, 0.4) is 0 Å². The van der Waals surface area contributed by atoms with E-state index in [2.05, 4.69) is 10.4 Å². The first kappa shape index (κ1) is 19.8. The van der Waals surface area contributed by atoms with Gasteiger partial charge in [-0.05, 0) is 35.9 Å². The molecule has 0 radical (unpaired) electrons. The lowest BCUT2D eigenvalue weighted by Crippen LogP contribution is -2.16. The van der Waals surface area contributed by atoms with Crippen molar-refractivity contribution in [2.24, 2.45) is 0 Å². The van der Waals surface area contributed by atoms with Crippen molar-refractivity contribution in [2.75, 3.05) is 5.32 Å². The van der Waals surface area contributed by atoms with E-state index in [0.29, 0.717) is 17.1 Å². The average Bonchev–Trinajstić information content (AvgIpc) is 3.23. The summed E-state index contributed by atoms with van der Waals surface area (Å²) in [7, 11) is 0. The van der Waals surface area contributed by atoms with Gasteiger partial charge < -0.3 is 5.32 Å². The molecule has 6 heteroatoms. The second-order valence-electron chi connectivity index (χ2n) is 6.70. The topological polar surface area (TPSA) is 70.7 Å². The van der Waals surface area contributed by atoms with Crippen LogP contribution in [0.5, 0.6) is 0 Å². The smallest absolute Gasteiger partial charge is 0.267 e. The van der Waals surface area contributed by atoms with Crippen molar-refractivity contribution in [3.05, 3.63) is 108 Å². The van der Waals surface area contributed by atoms with Crippen molar-refractivity contribution in [1.82, 2.24) is 9.78 Å². The SMILES string of the molecule is N#C/C(=C\c1ccc(F)cc1)C(=O)Nc1cc(-c2ccccc2)nn1-c1ccccc1. The molecule has 0 aliphatic rings. The van der Waals surface area contributed by atoms with Gasteiger partial charge in [0.2, 0.25) is 0 Å². The number of rotatable bonds is 5. The summed E-state index contributed by atoms with van der Waals surface area (Å²) in [5.74, 6) is -0.542. The predicted molar refractivity (Wildman–Crippen MR) is 118 cm³/mol. The molecular weight excluding hydrogens is 391 g/mol. The Morgan fingerprint density at radius 2 is 1.61 bits per heavy atom. The molecule has 0 unspecified atom stereocenters. The number of nitrogens with one attached hydrogen (secondary N) is 1. The van der Waals surface area contributed by atoms with Gasteiger partial charge in [-0.3, -0.25) is 4.79 Å². The van der Waals surface area contributed by atoms with Crippen LogP contribution in [0.4, 0.5) is 10.2 Å². The number of benzene rings is 3. The third-order valence-corrected chi connectivity index (χ3v) is 4.57. The summed E-state index contributed by atoms with van der Waals surface area (Å²) in [6.07, 6.45) is 1.41. The summed E-state index contributed by atoms with van der Waals surface area (Å²) >= 11 is 0. The number of nitriles is 1. The zero-order valence-corrected chi connectivity index (χ0v) is 16.4. The van der Waals surface area contributed by atoms with E-state index in [1.165, 1.54) is 30.3 Å². The van der Waals surface area contributed by atoms with Crippen LogP contribution < -0.4 is 5.32 Å². The lowest BCUT2D eigenvalue weighted by Gasteiger charge is -2.08. The highest BCUT2D eigenvalue weighted by molar-refractivity contribution is 6.09. The van der Waals surface area contributed by atoms with E-state index in [1.807, 2.05) is 66.7 Å². The first-order valence-electron chi connectivity index (χ1n) is 9.53. The second-order valence-corrected chi connectivity index (χ2v) is 6.70. The van der Waals surface area contributed by atoms with Gasteiger partial charge in [0.05, 0.1) is 11.4 Å². The van der Waals surface area contributed by atoms with Crippen LogP contribution in [-0.4, -0.2) is 15.7 Å². The van der Waals surface area contributed by atoms with Gasteiger partial charge in [0.1, 0.15) is 23.3 Å². The number of carbonyl (C=O) groups excluding carboxylic acids is 1. The molecule has 150 valence electrons. The second kappa shape index (κ2) is 8.89. The summed E-state index contributed by atoms with van der Waals surface area (Å²) < 4.78 is 14.7. The molecule has 0 saturated carbocycles. The van der Waals surface area contributed by atoms with Gasteiger partial charge >= 0.3 is 0 Å². The molecule has 0 saturated heterocycles. The Bertz CT molecular complexity index is 1270. The van der Waals surface area contributed by atoms with Crippen LogP contribution in [0, 0.1) is 17.1 Å². The number of aromatic nitrogens is 2. The van der Waals surface area contributed by atoms with Crippen molar-refractivity contribution in [2.45, 2.75) is 0 Å². The standard InChI is InChI=1S/C25H17FN4O/c26-21-13-11-18(12-14-21)15-20(17-27)25(31)28-24-16-23(19-7-3-1-4-8-19)29-30(24)22-9-5-2-6-10-22/h1-16H,(H,28,31)/b20-15+. The number of halogens is 1. The molecule has 4 aromatic rings. The van der Waals surface area contributed by atoms with E-state index < -0.39 is 5.91 Å². The summed E-state index contributed by atoms with van der Waals surface area (Å²) in [5.41, 5.74) is 2.79. The fourth-order valence-electron chi connectivity index (χ4n) is 3.04. The molecule has 31 heavy (non-hydrogen) atoms. The molecule has 1 N–H and O–H groups in total. The highest BCUT2D eigenvalue weighted by Gasteiger charge is 2.16. The molecule has 0 aliphatic heterocycles. The quantitative estimate of drug-likeness (QED) is 0.363. The Morgan fingerprint density at radius 3 is 2.26 bits per heavy atom. The van der Waals surface area contributed by atoms with Gasteiger partial charge in [-0.25, -0.2) is 9.07 Å². The number of hydrogen-bond donors (Lipinski definition) is 1. The van der Waals surface area contributed by atoms with Crippen molar-refractivity contribution < 1.29 is 9.18 Å². The van der Waals surface area contributed by atoms with E-state index in [1.54, 1.807) is 10.7 Å². The number of amides is 1. The molecule has 5 nitrogen and oxygen atoms in total. The van der Waals surface area contributed by atoms with Crippen LogP contribution in [0.25, 0.3) is 23.0 Å². The maximum Gasteiger partial charge on any atom is 0.267 e. The largest absolute Gasteiger partial charge is 0.306 e. The molecule has 0 fully saturated rings. The van der Waals surface area contributed by atoms with Gasteiger partial charge in [0, 0.05) is 11.6 Å². The molecule has 1 aromatic heterocycles. The van der Waals surface area contributed by atoms with Crippen molar-refractivity contribution in [1.29, 1.82) is 5.26 Å². The minimum Gasteiger partial charge on any atom is -0.306 e. The van der Waals surface area contributed by atoms with E-state index in [-0.39, 0.29) is 11.4 Å². The Morgan fingerprint density at radius 1 is 0.968 bits per heavy atom. The monoisotopic (exact) mass is 408 g/mol. The normalized spacial score (nSPS) is 11.0. The maximum atomic E-state index is 13.1. The number of nitrogens with zero attached hydrogens (tertiary/aromatic N) is 3. The first-order chi connectivity index (χ1) is 15.1. The Hall–Kier alpha value is -4.50. The van der Waals surface area contributed by atoms with Gasteiger partial charge in [-0.2, -0.15) is 10.4 Å². The first-order valence-corrected chi connectivity index (χ1v) is 9.53. The van der Waals surface area contributed by atoms with Crippen molar-refractivity contribution in [3.63, 3.8) is 0 Å². The highest BCUT2D eigenvalue weighted by Crippen LogP contribution is 2.25. The minimum absolute atomic E-state index is 0.103. The van der Waals surface area contributed by atoms with E-state index in [9.17, 15) is 14.4 Å². The maximum absolute atomic E-state index is 13.1. The molecule has 1 amide bonds. The number of hydrogen-bond acceptors (Lipinski definition) is 3. The zero-order valence-electron chi connectivity index (χ0n) is 16.4. The third kappa shape index (κ3) is 4.57. The van der Waals surface area contributed by atoms with Gasteiger partial charge in [-0.15, -0.1) is 0 Å². The Balaban J connectivity index is 1.69. The van der Waals surface area contributed by atoms with Crippen molar-refractivity contribution >= 4 is 17.8 Å². The van der Waals surface area contributed by atoms with Crippen LogP contribution in [0.2, 0.25) is 0 Å². The van der Waals surface area contributed by atoms with Gasteiger partial charge in [0.25, 0.3) is 5.91 Å². The van der Waals surface area contributed by atoms with Crippen LogP contribution in [0.1, 0.15) is 5.56 Å². The van der Waals surface area contributed by atoms with Crippen LogP contribution in [0.15, 0.2) is 96.6 Å². The predicted octanol–water partition coefficient (Wildman–Crippen LogP) is 5.22. The van der Waals surface area contributed by atoms with Crippen LogP contribution >= 0.6 is 0 Å². The lowest BCUT2D eigenvalue weighted by molar-refractivity contribution is -0.112. The number of para-hydroxylation sites is 1. The molecule has 1 heterocycles. The minimum atomic E-state index is -0.580.